The highest BCUT2D eigenvalue weighted by Crippen LogP contribution is 2.21. The number of carbonyl (C=O) groups is 1. The Morgan fingerprint density at radius 1 is 1.43 bits per heavy atom. The number of hydrogen-bond donors (Lipinski definition) is 2. The van der Waals surface area contributed by atoms with Crippen molar-refractivity contribution < 1.29 is 9.90 Å². The van der Waals surface area contributed by atoms with Crippen LogP contribution in [0.3, 0.4) is 0 Å². The summed E-state index contributed by atoms with van der Waals surface area (Å²) in [6.07, 6.45) is 3.46. The summed E-state index contributed by atoms with van der Waals surface area (Å²) in [5, 5.41) is 12.5. The number of nitrogens with one attached hydrogen (secondary N) is 1. The first-order valence-electron chi connectivity index (χ1n) is 5.09. The number of rotatable bonds is 2. The third-order valence-corrected chi connectivity index (χ3v) is 2.95. The third kappa shape index (κ3) is 3.24. The van der Waals surface area contributed by atoms with E-state index in [4.69, 9.17) is 0 Å². The predicted octanol–water partition coefficient (Wildman–Crippen LogP) is 1.58. The molecular weight excluding hydrogens is 246 g/mol. The lowest BCUT2D eigenvalue weighted by molar-refractivity contribution is -0.124. The Bertz CT molecular complexity index is 213. The average Bonchev–Trinajstić information content (AvgIpc) is 2.07. The monoisotopic (exact) mass is 263 g/mol. The van der Waals surface area contributed by atoms with Gasteiger partial charge in [-0.2, -0.15) is 0 Å². The molecule has 1 saturated carbocycles. The Balaban J connectivity index is 2.46. The molecular formula is C10H18BrNO2. The van der Waals surface area contributed by atoms with E-state index < -0.39 is 4.32 Å². The van der Waals surface area contributed by atoms with E-state index in [9.17, 15) is 9.90 Å². The van der Waals surface area contributed by atoms with Gasteiger partial charge in [0.15, 0.2) is 0 Å². The Hall–Kier alpha value is -0.0900. The fourth-order valence-corrected chi connectivity index (χ4v) is 1.73. The molecule has 0 aromatic heterocycles. The van der Waals surface area contributed by atoms with Gasteiger partial charge in [-0.3, -0.25) is 4.79 Å². The molecule has 2 N–H and O–H groups in total. The molecule has 0 aromatic carbocycles. The van der Waals surface area contributed by atoms with Crippen molar-refractivity contribution >= 4 is 21.8 Å². The minimum atomic E-state index is -0.551. The minimum Gasteiger partial charge on any atom is -0.391 e. The van der Waals surface area contributed by atoms with Gasteiger partial charge < -0.3 is 10.4 Å². The molecule has 0 saturated heterocycles. The number of aliphatic hydroxyl groups is 1. The fraction of sp³-hybridized carbons (Fsp3) is 0.900. The molecule has 1 aliphatic rings. The van der Waals surface area contributed by atoms with E-state index in [0.29, 0.717) is 0 Å². The van der Waals surface area contributed by atoms with Gasteiger partial charge >= 0.3 is 0 Å². The van der Waals surface area contributed by atoms with Crippen LogP contribution in [0.25, 0.3) is 0 Å². The highest BCUT2D eigenvalue weighted by Gasteiger charge is 2.30. The van der Waals surface area contributed by atoms with Gasteiger partial charge in [0.25, 0.3) is 0 Å². The standard InChI is InChI=1S/C10H18BrNO2/c1-10(2,11)9(14)12-7-5-3-4-6-8(7)13/h7-8,13H,3-6H2,1-2H3,(H,12,14)/t7-,8-/m1/s1. The molecule has 0 aromatic rings. The van der Waals surface area contributed by atoms with Gasteiger partial charge in [-0.25, -0.2) is 0 Å². The molecule has 2 atom stereocenters. The van der Waals surface area contributed by atoms with Crippen LogP contribution in [0.1, 0.15) is 39.5 Å². The maximum absolute atomic E-state index is 11.6. The summed E-state index contributed by atoms with van der Waals surface area (Å²) in [6, 6.07) is -0.0620. The van der Waals surface area contributed by atoms with Crippen LogP contribution in [-0.4, -0.2) is 27.5 Å². The van der Waals surface area contributed by atoms with Gasteiger partial charge in [-0.1, -0.05) is 28.8 Å². The van der Waals surface area contributed by atoms with Crippen molar-refractivity contribution in [1.29, 1.82) is 0 Å². The number of halogens is 1. The maximum atomic E-state index is 11.6. The van der Waals surface area contributed by atoms with Crippen LogP contribution in [0, 0.1) is 0 Å². The van der Waals surface area contributed by atoms with Crippen molar-refractivity contribution in [2.45, 2.75) is 56.0 Å². The summed E-state index contributed by atoms with van der Waals surface area (Å²) < 4.78 is -0.551. The zero-order valence-corrected chi connectivity index (χ0v) is 10.3. The van der Waals surface area contributed by atoms with Gasteiger partial charge in [-0.15, -0.1) is 0 Å². The third-order valence-electron chi connectivity index (χ3n) is 2.59. The van der Waals surface area contributed by atoms with E-state index >= 15 is 0 Å². The van der Waals surface area contributed by atoms with Crippen molar-refractivity contribution in [2.24, 2.45) is 0 Å². The van der Waals surface area contributed by atoms with Crippen LogP contribution in [0.4, 0.5) is 0 Å². The van der Waals surface area contributed by atoms with E-state index in [1.165, 1.54) is 0 Å². The Morgan fingerprint density at radius 3 is 2.50 bits per heavy atom. The molecule has 1 aliphatic carbocycles. The Kier molecular flexibility index (Phi) is 3.95. The number of carbonyl (C=O) groups excluding carboxylic acids is 1. The fourth-order valence-electron chi connectivity index (χ4n) is 1.62. The van der Waals surface area contributed by atoms with E-state index in [1.807, 2.05) is 0 Å². The first kappa shape index (κ1) is 12.0. The lowest BCUT2D eigenvalue weighted by Crippen LogP contribution is -2.49. The number of hydrogen-bond acceptors (Lipinski definition) is 2. The topological polar surface area (TPSA) is 49.3 Å². The van der Waals surface area contributed by atoms with Crippen molar-refractivity contribution in [2.75, 3.05) is 0 Å². The molecule has 0 bridgehead atoms. The molecule has 1 fully saturated rings. The van der Waals surface area contributed by atoms with Crippen molar-refractivity contribution in [3.63, 3.8) is 0 Å². The molecule has 0 unspecified atom stereocenters. The quantitative estimate of drug-likeness (QED) is 0.744. The van der Waals surface area contributed by atoms with Gasteiger partial charge in [-0.05, 0) is 26.7 Å². The molecule has 0 aliphatic heterocycles. The van der Waals surface area contributed by atoms with E-state index in [0.717, 1.165) is 25.7 Å². The molecule has 1 rings (SSSR count). The molecule has 1 amide bonds. The van der Waals surface area contributed by atoms with Crippen molar-refractivity contribution in [3.8, 4) is 0 Å². The van der Waals surface area contributed by atoms with Crippen LogP contribution in [0.5, 0.6) is 0 Å². The summed E-state index contributed by atoms with van der Waals surface area (Å²) in [5.74, 6) is -0.0524. The van der Waals surface area contributed by atoms with Gasteiger partial charge in [0, 0.05) is 0 Å². The Morgan fingerprint density at radius 2 is 2.00 bits per heavy atom. The Labute approximate surface area is 93.4 Å². The van der Waals surface area contributed by atoms with Crippen LogP contribution in [0.2, 0.25) is 0 Å². The van der Waals surface area contributed by atoms with E-state index in [-0.39, 0.29) is 18.1 Å². The SMILES string of the molecule is CC(C)(Br)C(=O)N[C@@H]1CCCC[C@H]1O. The molecule has 0 heterocycles. The molecule has 0 spiro atoms. The summed E-state index contributed by atoms with van der Waals surface area (Å²) >= 11 is 3.30. The first-order chi connectivity index (χ1) is 6.41. The van der Waals surface area contributed by atoms with E-state index in [1.54, 1.807) is 13.8 Å². The zero-order valence-electron chi connectivity index (χ0n) is 8.72. The van der Waals surface area contributed by atoms with Crippen molar-refractivity contribution in [3.05, 3.63) is 0 Å². The molecule has 82 valence electrons. The predicted molar refractivity (Wildman–Crippen MR) is 59.4 cm³/mol. The van der Waals surface area contributed by atoms with Gasteiger partial charge in [0.2, 0.25) is 5.91 Å². The van der Waals surface area contributed by atoms with Gasteiger partial charge in [0.1, 0.15) is 0 Å². The molecule has 0 radical (unpaired) electrons. The highest BCUT2D eigenvalue weighted by atomic mass is 79.9. The summed E-state index contributed by atoms with van der Waals surface area (Å²) in [4.78, 5) is 11.6. The van der Waals surface area contributed by atoms with Crippen LogP contribution in [0.15, 0.2) is 0 Å². The minimum absolute atomic E-state index is 0.0524. The second-order valence-electron chi connectivity index (χ2n) is 4.40. The van der Waals surface area contributed by atoms with Crippen LogP contribution < -0.4 is 5.32 Å². The number of alkyl halides is 1. The zero-order chi connectivity index (χ0) is 10.8. The lowest BCUT2D eigenvalue weighted by atomic mass is 9.92. The van der Waals surface area contributed by atoms with Crippen molar-refractivity contribution in [1.82, 2.24) is 5.32 Å². The van der Waals surface area contributed by atoms with Gasteiger partial charge in [0.05, 0.1) is 16.5 Å². The smallest absolute Gasteiger partial charge is 0.236 e. The number of aliphatic hydroxyl groups excluding tert-OH is 1. The van der Waals surface area contributed by atoms with E-state index in [2.05, 4.69) is 21.2 Å². The van der Waals surface area contributed by atoms with Crippen LogP contribution >= 0.6 is 15.9 Å². The van der Waals surface area contributed by atoms with Crippen LogP contribution in [-0.2, 0) is 4.79 Å². The molecule has 3 nitrogen and oxygen atoms in total. The lowest BCUT2D eigenvalue weighted by Gasteiger charge is -2.30. The summed E-state index contributed by atoms with van der Waals surface area (Å²) in [7, 11) is 0. The summed E-state index contributed by atoms with van der Waals surface area (Å²) in [6.45, 7) is 3.61. The average molecular weight is 264 g/mol. The first-order valence-corrected chi connectivity index (χ1v) is 5.88. The maximum Gasteiger partial charge on any atom is 0.236 e. The second-order valence-corrected chi connectivity index (χ2v) is 6.39. The molecule has 14 heavy (non-hydrogen) atoms. The summed E-state index contributed by atoms with van der Waals surface area (Å²) in [5.41, 5.74) is 0. The normalized spacial score (nSPS) is 28.6. The second kappa shape index (κ2) is 4.62. The molecule has 4 heteroatoms. The largest absolute Gasteiger partial charge is 0.391 e. The highest BCUT2D eigenvalue weighted by molar-refractivity contribution is 9.10. The number of amides is 1.